The normalized spacial score (nSPS) is 12.8. The largest absolute Gasteiger partial charge is 0.408 e. The van der Waals surface area contributed by atoms with E-state index >= 15 is 0 Å². The molecule has 0 saturated heterocycles. The van der Waals surface area contributed by atoms with Crippen molar-refractivity contribution in [3.8, 4) is 0 Å². The van der Waals surface area contributed by atoms with Crippen molar-refractivity contribution in [1.29, 1.82) is 0 Å². The minimum atomic E-state index is -5.49. The Morgan fingerprint density at radius 1 is 1.22 bits per heavy atom. The Bertz CT molecular complexity index is 456. The highest BCUT2D eigenvalue weighted by Gasteiger charge is 2.61. The van der Waals surface area contributed by atoms with Crippen molar-refractivity contribution >= 4 is 11.9 Å². The molecule has 0 aliphatic rings. The molecule has 0 unspecified atom stereocenters. The van der Waals surface area contributed by atoms with Crippen LogP contribution in [0.5, 0.6) is 0 Å². The molecule has 0 spiro atoms. The Kier molecular flexibility index (Phi) is 8.08. The van der Waals surface area contributed by atoms with Crippen LogP contribution < -0.4 is 16.8 Å². The highest BCUT2D eigenvalue weighted by atomic mass is 19.4. The molecule has 0 saturated carbocycles. The van der Waals surface area contributed by atoms with Gasteiger partial charge in [-0.3, -0.25) is 0 Å². The van der Waals surface area contributed by atoms with Gasteiger partial charge in [-0.1, -0.05) is 0 Å². The van der Waals surface area contributed by atoms with Gasteiger partial charge in [0.25, 0.3) is 5.09 Å². The molecule has 0 atom stereocenters. The Hall–Kier alpha value is -2.55. The maximum absolute atomic E-state index is 13.0. The highest BCUT2D eigenvalue weighted by Crippen LogP contribution is 2.43. The molecular formula is C7H11F7N6O3. The third-order valence-electron chi connectivity index (χ3n) is 1.57. The van der Waals surface area contributed by atoms with Gasteiger partial charge >= 0.3 is 18.1 Å². The first-order chi connectivity index (χ1) is 10.0. The number of rotatable bonds is 3. The summed E-state index contributed by atoms with van der Waals surface area (Å²) in [5.74, 6) is -7.36. The summed E-state index contributed by atoms with van der Waals surface area (Å²) in [7, 11) is 0.962. The summed E-state index contributed by atoms with van der Waals surface area (Å²) in [6, 6.07) is -5.33. The molecule has 0 bridgehead atoms. The fourth-order valence-electron chi connectivity index (χ4n) is 0.832. The minimum absolute atomic E-state index is 0.789. The van der Waals surface area contributed by atoms with Gasteiger partial charge in [-0.2, -0.15) is 40.7 Å². The minimum Gasteiger partial charge on any atom is -0.370 e. The van der Waals surface area contributed by atoms with E-state index < -0.39 is 41.6 Å². The van der Waals surface area contributed by atoms with E-state index in [2.05, 4.69) is 9.98 Å². The Morgan fingerprint density at radius 2 is 1.61 bits per heavy atom. The molecule has 0 amide bonds. The third kappa shape index (κ3) is 10.8. The van der Waals surface area contributed by atoms with Crippen LogP contribution in [0, 0.1) is 10.1 Å². The summed E-state index contributed by atoms with van der Waals surface area (Å²) >= 11 is 0. The standard InChI is InChI=1S/C7H10F7N5.HNO3/c1-17-4(18-3(15)16)19-7(13,14)5(8,9)2-6(10,11)12;2-1(3)4/h2H2,1H3,(H5,15,16,17,18,19);(H,2,3,4). The lowest BCUT2D eigenvalue weighted by Gasteiger charge is -2.24. The molecule has 16 heteroatoms. The molecule has 0 aromatic rings. The molecule has 0 fully saturated rings. The lowest BCUT2D eigenvalue weighted by Crippen LogP contribution is -2.44. The molecule has 0 heterocycles. The van der Waals surface area contributed by atoms with E-state index in [0.717, 1.165) is 7.05 Å². The number of halogens is 7. The first-order valence-corrected chi connectivity index (χ1v) is 5.07. The maximum Gasteiger partial charge on any atom is 0.408 e. The van der Waals surface area contributed by atoms with Crippen LogP contribution >= 0.6 is 0 Å². The number of hydrogen-bond acceptors (Lipinski definition) is 3. The molecule has 0 aliphatic heterocycles. The zero-order chi connectivity index (χ0) is 19.1. The van der Waals surface area contributed by atoms with Gasteiger partial charge in [0.05, 0.1) is 0 Å². The number of alkyl halides is 7. The van der Waals surface area contributed by atoms with Crippen LogP contribution in [0.3, 0.4) is 0 Å². The van der Waals surface area contributed by atoms with Crippen molar-refractivity contribution in [3.63, 3.8) is 0 Å². The number of nitrogens with zero attached hydrogens (tertiary/aromatic N) is 3. The van der Waals surface area contributed by atoms with Crippen LogP contribution in [0.15, 0.2) is 9.98 Å². The van der Waals surface area contributed by atoms with Gasteiger partial charge in [0.2, 0.25) is 5.96 Å². The molecule has 0 radical (unpaired) electrons. The van der Waals surface area contributed by atoms with Gasteiger partial charge in [-0.15, -0.1) is 10.1 Å². The van der Waals surface area contributed by atoms with Crippen molar-refractivity contribution in [3.05, 3.63) is 10.1 Å². The number of hydrogen-bond donors (Lipinski definition) is 4. The monoisotopic (exact) mass is 360 g/mol. The number of nitrogens with one attached hydrogen (secondary N) is 1. The topological polar surface area (TPSA) is 152 Å². The first kappa shape index (κ1) is 22.7. The fourth-order valence-corrected chi connectivity index (χ4v) is 0.832. The number of nitrogens with two attached hydrogens (primary N) is 2. The van der Waals surface area contributed by atoms with Crippen LogP contribution in [0.25, 0.3) is 0 Å². The summed E-state index contributed by atoms with van der Waals surface area (Å²) in [6.45, 7) is 0. The van der Waals surface area contributed by atoms with Crippen LogP contribution in [0.2, 0.25) is 0 Å². The lowest BCUT2D eigenvalue weighted by molar-refractivity contribution is -0.742. The van der Waals surface area contributed by atoms with Crippen LogP contribution in [0.4, 0.5) is 30.7 Å². The smallest absolute Gasteiger partial charge is 0.370 e. The first-order valence-electron chi connectivity index (χ1n) is 5.07. The average molecular weight is 360 g/mol. The van der Waals surface area contributed by atoms with Gasteiger partial charge in [0.1, 0.15) is 6.42 Å². The van der Waals surface area contributed by atoms with E-state index in [-0.39, 0.29) is 0 Å². The van der Waals surface area contributed by atoms with Gasteiger partial charge in [-0.25, -0.2) is 0 Å². The number of guanidine groups is 2. The van der Waals surface area contributed by atoms with E-state index in [1.807, 2.05) is 5.32 Å². The molecule has 0 aromatic heterocycles. The Labute approximate surface area is 123 Å². The van der Waals surface area contributed by atoms with Crippen molar-refractivity contribution in [2.75, 3.05) is 7.05 Å². The maximum atomic E-state index is 13.0. The van der Waals surface area contributed by atoms with Gasteiger partial charge in [-0.05, 0) is 0 Å². The average Bonchev–Trinajstić information content (AvgIpc) is 2.22. The molecule has 136 valence electrons. The third-order valence-corrected chi connectivity index (χ3v) is 1.57. The molecular weight excluding hydrogens is 349 g/mol. The van der Waals surface area contributed by atoms with Crippen LogP contribution in [-0.4, -0.2) is 47.4 Å². The molecule has 23 heavy (non-hydrogen) atoms. The number of aliphatic imine (C=N–C) groups is 2. The molecule has 9 nitrogen and oxygen atoms in total. The molecule has 6 N–H and O–H groups in total. The van der Waals surface area contributed by atoms with E-state index in [1.165, 1.54) is 0 Å². The summed E-state index contributed by atoms with van der Waals surface area (Å²) in [5, 5.41) is 15.5. The molecule has 0 rings (SSSR count). The van der Waals surface area contributed by atoms with Gasteiger partial charge in [0.15, 0.2) is 5.96 Å². The predicted molar refractivity (Wildman–Crippen MR) is 61.7 cm³/mol. The Morgan fingerprint density at radius 3 is 1.87 bits per heavy atom. The second-order valence-corrected chi connectivity index (χ2v) is 3.50. The van der Waals surface area contributed by atoms with E-state index in [1.54, 1.807) is 0 Å². The highest BCUT2D eigenvalue weighted by molar-refractivity contribution is 5.93. The summed E-state index contributed by atoms with van der Waals surface area (Å²) < 4.78 is 86.9. The van der Waals surface area contributed by atoms with Crippen molar-refractivity contribution in [2.45, 2.75) is 24.6 Å². The van der Waals surface area contributed by atoms with E-state index in [0.29, 0.717) is 0 Å². The lowest BCUT2D eigenvalue weighted by atomic mass is 10.2. The quantitative estimate of drug-likeness (QED) is 0.145. The van der Waals surface area contributed by atoms with Crippen molar-refractivity contribution in [2.24, 2.45) is 21.5 Å². The van der Waals surface area contributed by atoms with Crippen LogP contribution in [0.1, 0.15) is 6.42 Å². The van der Waals surface area contributed by atoms with Gasteiger partial charge < -0.3 is 22.0 Å². The summed E-state index contributed by atoms with van der Waals surface area (Å²) in [6.07, 6.45) is -8.52. The van der Waals surface area contributed by atoms with Gasteiger partial charge in [0, 0.05) is 7.05 Å². The fraction of sp³-hybridized carbons (Fsp3) is 0.714. The Balaban J connectivity index is 0. The van der Waals surface area contributed by atoms with Crippen molar-refractivity contribution < 1.29 is 41.0 Å². The van der Waals surface area contributed by atoms with Crippen LogP contribution in [-0.2, 0) is 0 Å². The summed E-state index contributed by atoms with van der Waals surface area (Å²) in [4.78, 5) is 13.4. The predicted octanol–water partition coefficient (Wildman–Crippen LogP) is 0.668. The molecule has 0 aromatic carbocycles. The van der Waals surface area contributed by atoms with Crippen molar-refractivity contribution in [1.82, 2.24) is 5.32 Å². The summed E-state index contributed by atoms with van der Waals surface area (Å²) in [5.41, 5.74) is 9.59. The van der Waals surface area contributed by atoms with E-state index in [4.69, 9.17) is 26.8 Å². The second kappa shape index (κ2) is 8.18. The molecule has 0 aliphatic carbocycles. The zero-order valence-electron chi connectivity index (χ0n) is 11.1. The SMILES string of the molecule is CNC(N=C(N)N)=NC(F)(F)C(F)(F)CC(F)(F)F.O=[N+]([O-])O. The van der Waals surface area contributed by atoms with E-state index in [9.17, 15) is 30.7 Å². The second-order valence-electron chi connectivity index (χ2n) is 3.50. The zero-order valence-corrected chi connectivity index (χ0v) is 11.1.